The second kappa shape index (κ2) is 7.15. The molecule has 1 aliphatic heterocycles. The summed E-state index contributed by atoms with van der Waals surface area (Å²) in [7, 11) is 1.54. The molecule has 0 saturated carbocycles. The van der Waals surface area contributed by atoms with Crippen LogP contribution in [0.3, 0.4) is 0 Å². The molecule has 0 bridgehead atoms. The Kier molecular flexibility index (Phi) is 4.52. The number of rotatable bonds is 4. The molecule has 0 saturated heterocycles. The van der Waals surface area contributed by atoms with Crippen molar-refractivity contribution in [2.45, 2.75) is 19.4 Å². The number of aryl methyl sites for hydroxylation is 1. The van der Waals surface area contributed by atoms with Crippen molar-refractivity contribution in [3.05, 3.63) is 54.1 Å². The lowest BCUT2D eigenvalue weighted by molar-refractivity contribution is -0.125. The van der Waals surface area contributed by atoms with Gasteiger partial charge in [-0.1, -0.05) is 36.4 Å². The number of nitrogens with zero attached hydrogens (tertiary/aromatic N) is 3. The van der Waals surface area contributed by atoms with Gasteiger partial charge in [-0.25, -0.2) is 4.68 Å². The number of aromatic nitrogens is 3. The van der Waals surface area contributed by atoms with Crippen LogP contribution in [0.25, 0.3) is 11.4 Å². The Labute approximate surface area is 161 Å². The van der Waals surface area contributed by atoms with Gasteiger partial charge in [0.2, 0.25) is 17.8 Å². The van der Waals surface area contributed by atoms with E-state index in [9.17, 15) is 9.59 Å². The van der Waals surface area contributed by atoms with Crippen LogP contribution in [-0.2, 0) is 9.59 Å². The van der Waals surface area contributed by atoms with Gasteiger partial charge in [-0.05, 0) is 24.6 Å². The average molecular weight is 377 g/mol. The lowest BCUT2D eigenvalue weighted by Crippen LogP contribution is -2.36. The number of carbonyl (C=O) groups excluding carboxylic acids is 2. The SMILES string of the molecule is COc1ccc(C)cc1NC(=O)C1CC(=O)Nc2nc(-c3ccccc3)nn21. The molecule has 0 spiro atoms. The van der Waals surface area contributed by atoms with Gasteiger partial charge in [-0.3, -0.25) is 14.9 Å². The quantitative estimate of drug-likeness (QED) is 0.729. The topological polar surface area (TPSA) is 98.1 Å². The first-order valence-corrected chi connectivity index (χ1v) is 8.82. The van der Waals surface area contributed by atoms with Crippen LogP contribution in [-0.4, -0.2) is 33.7 Å². The molecule has 0 aliphatic carbocycles. The summed E-state index contributed by atoms with van der Waals surface area (Å²) in [5.41, 5.74) is 2.33. The van der Waals surface area contributed by atoms with Crippen LogP contribution in [0.5, 0.6) is 5.75 Å². The van der Waals surface area contributed by atoms with E-state index in [0.29, 0.717) is 17.3 Å². The molecule has 2 heterocycles. The first-order chi connectivity index (χ1) is 13.5. The fourth-order valence-electron chi connectivity index (χ4n) is 3.11. The van der Waals surface area contributed by atoms with Gasteiger partial charge in [0.1, 0.15) is 11.8 Å². The van der Waals surface area contributed by atoms with Crippen LogP contribution in [0.4, 0.5) is 11.6 Å². The molecular formula is C20H19N5O3. The number of hydrogen-bond acceptors (Lipinski definition) is 5. The van der Waals surface area contributed by atoms with Crippen LogP contribution in [0.15, 0.2) is 48.5 Å². The van der Waals surface area contributed by atoms with Crippen molar-refractivity contribution < 1.29 is 14.3 Å². The first kappa shape index (κ1) is 17.7. The van der Waals surface area contributed by atoms with E-state index in [1.54, 1.807) is 6.07 Å². The molecule has 1 aliphatic rings. The van der Waals surface area contributed by atoms with Gasteiger partial charge in [0, 0.05) is 5.56 Å². The van der Waals surface area contributed by atoms with E-state index in [1.807, 2.05) is 49.4 Å². The molecule has 1 atom stereocenters. The molecule has 2 amide bonds. The maximum atomic E-state index is 13.0. The van der Waals surface area contributed by atoms with Gasteiger partial charge in [-0.2, -0.15) is 4.98 Å². The summed E-state index contributed by atoms with van der Waals surface area (Å²) in [5.74, 6) is 0.610. The number of benzene rings is 2. The van der Waals surface area contributed by atoms with Gasteiger partial charge in [0.25, 0.3) is 0 Å². The molecule has 28 heavy (non-hydrogen) atoms. The van der Waals surface area contributed by atoms with Crippen molar-refractivity contribution >= 4 is 23.5 Å². The van der Waals surface area contributed by atoms with Crippen LogP contribution in [0, 0.1) is 6.92 Å². The number of anilines is 2. The van der Waals surface area contributed by atoms with E-state index in [-0.39, 0.29) is 24.2 Å². The molecule has 2 aromatic carbocycles. The predicted octanol–water partition coefficient (Wildman–Crippen LogP) is 2.78. The number of carbonyl (C=O) groups is 2. The zero-order valence-electron chi connectivity index (χ0n) is 15.5. The van der Waals surface area contributed by atoms with E-state index < -0.39 is 6.04 Å². The lowest BCUT2D eigenvalue weighted by atomic mass is 10.1. The van der Waals surface area contributed by atoms with Gasteiger partial charge in [0.05, 0.1) is 19.2 Å². The van der Waals surface area contributed by atoms with E-state index in [0.717, 1.165) is 11.1 Å². The molecule has 2 N–H and O–H groups in total. The fraction of sp³-hybridized carbons (Fsp3) is 0.200. The van der Waals surface area contributed by atoms with E-state index >= 15 is 0 Å². The van der Waals surface area contributed by atoms with Crippen molar-refractivity contribution in [2.24, 2.45) is 0 Å². The number of amides is 2. The normalized spacial score (nSPS) is 15.5. The Morgan fingerprint density at radius 2 is 2.04 bits per heavy atom. The average Bonchev–Trinajstić information content (AvgIpc) is 3.12. The fourth-order valence-corrected chi connectivity index (χ4v) is 3.11. The van der Waals surface area contributed by atoms with Crippen LogP contribution in [0.1, 0.15) is 18.0 Å². The summed E-state index contributed by atoms with van der Waals surface area (Å²) < 4.78 is 6.77. The van der Waals surface area contributed by atoms with E-state index in [1.165, 1.54) is 11.8 Å². The Bertz CT molecular complexity index is 1050. The minimum Gasteiger partial charge on any atom is -0.495 e. The molecule has 8 nitrogen and oxygen atoms in total. The molecule has 0 radical (unpaired) electrons. The third-order valence-corrected chi connectivity index (χ3v) is 4.50. The second-order valence-corrected chi connectivity index (χ2v) is 6.53. The number of ether oxygens (including phenoxy) is 1. The first-order valence-electron chi connectivity index (χ1n) is 8.82. The van der Waals surface area contributed by atoms with E-state index in [4.69, 9.17) is 4.74 Å². The minimum absolute atomic E-state index is 0.0233. The molecule has 1 aromatic heterocycles. The summed E-state index contributed by atoms with van der Waals surface area (Å²) in [5, 5.41) is 9.98. The molecule has 4 rings (SSSR count). The van der Waals surface area contributed by atoms with Gasteiger partial charge >= 0.3 is 0 Å². The van der Waals surface area contributed by atoms with Crippen molar-refractivity contribution in [3.63, 3.8) is 0 Å². The Hall–Kier alpha value is -3.68. The molecule has 142 valence electrons. The highest BCUT2D eigenvalue weighted by atomic mass is 16.5. The molecule has 3 aromatic rings. The predicted molar refractivity (Wildman–Crippen MR) is 104 cm³/mol. The monoisotopic (exact) mass is 377 g/mol. The van der Waals surface area contributed by atoms with Crippen molar-refractivity contribution in [1.82, 2.24) is 14.8 Å². The van der Waals surface area contributed by atoms with Crippen molar-refractivity contribution in [3.8, 4) is 17.1 Å². The van der Waals surface area contributed by atoms with Gasteiger partial charge < -0.3 is 10.1 Å². The summed E-state index contributed by atoms with van der Waals surface area (Å²) in [4.78, 5) is 29.5. The standard InChI is InChI=1S/C20H19N5O3/c1-12-8-9-16(28-2)14(10-12)21-19(27)15-11-17(26)22-20-23-18(24-25(15)20)13-6-4-3-5-7-13/h3-10,15H,11H2,1-2H3,(H,21,27)(H,22,23,24,26). The largest absolute Gasteiger partial charge is 0.495 e. The molecule has 8 heteroatoms. The Balaban J connectivity index is 1.66. The molecule has 0 fully saturated rings. The zero-order chi connectivity index (χ0) is 19.7. The summed E-state index contributed by atoms with van der Waals surface area (Å²) >= 11 is 0. The van der Waals surface area contributed by atoms with Gasteiger partial charge in [0.15, 0.2) is 5.82 Å². The zero-order valence-corrected chi connectivity index (χ0v) is 15.5. The van der Waals surface area contributed by atoms with Gasteiger partial charge in [-0.15, -0.1) is 5.10 Å². The summed E-state index contributed by atoms with van der Waals surface area (Å²) in [6, 6.07) is 14.1. The van der Waals surface area contributed by atoms with Crippen LogP contribution >= 0.6 is 0 Å². The number of fused-ring (bicyclic) bond motifs is 1. The third kappa shape index (κ3) is 3.32. The number of hydrogen-bond donors (Lipinski definition) is 2. The summed E-state index contributed by atoms with van der Waals surface area (Å²) in [6.45, 7) is 1.92. The third-order valence-electron chi connectivity index (χ3n) is 4.50. The molecule has 1 unspecified atom stereocenters. The molecular weight excluding hydrogens is 358 g/mol. The number of methoxy groups -OCH3 is 1. The Morgan fingerprint density at radius 1 is 1.25 bits per heavy atom. The highest BCUT2D eigenvalue weighted by Gasteiger charge is 2.33. The highest BCUT2D eigenvalue weighted by molar-refractivity contribution is 6.01. The van der Waals surface area contributed by atoms with Crippen LogP contribution in [0.2, 0.25) is 0 Å². The minimum atomic E-state index is -0.807. The van der Waals surface area contributed by atoms with E-state index in [2.05, 4.69) is 20.7 Å². The maximum absolute atomic E-state index is 13.0. The number of nitrogens with one attached hydrogen (secondary N) is 2. The maximum Gasteiger partial charge on any atom is 0.250 e. The van der Waals surface area contributed by atoms with Crippen molar-refractivity contribution in [2.75, 3.05) is 17.7 Å². The second-order valence-electron chi connectivity index (χ2n) is 6.53. The summed E-state index contributed by atoms with van der Waals surface area (Å²) in [6.07, 6.45) is -0.0233. The Morgan fingerprint density at radius 3 is 2.79 bits per heavy atom. The lowest BCUT2D eigenvalue weighted by Gasteiger charge is -2.23. The van der Waals surface area contributed by atoms with Crippen LogP contribution < -0.4 is 15.4 Å². The van der Waals surface area contributed by atoms with Crippen molar-refractivity contribution in [1.29, 1.82) is 0 Å². The highest BCUT2D eigenvalue weighted by Crippen LogP contribution is 2.30. The smallest absolute Gasteiger partial charge is 0.250 e.